The molecular formula is C14H22BrN3O2. The van der Waals surface area contributed by atoms with Gasteiger partial charge in [0.1, 0.15) is 16.4 Å². The van der Waals surface area contributed by atoms with E-state index in [0.717, 1.165) is 31.7 Å². The second-order valence-corrected chi connectivity index (χ2v) is 6.26. The second kappa shape index (κ2) is 6.83. The minimum atomic E-state index is -0.145. The van der Waals surface area contributed by atoms with Crippen LogP contribution in [0.25, 0.3) is 0 Å². The molecule has 0 bridgehead atoms. The van der Waals surface area contributed by atoms with Crippen molar-refractivity contribution in [3.05, 3.63) is 26.3 Å². The fourth-order valence-electron chi connectivity index (χ4n) is 2.42. The smallest absolute Gasteiger partial charge is 0.265 e. The van der Waals surface area contributed by atoms with Crippen LogP contribution >= 0.6 is 15.9 Å². The fourth-order valence-corrected chi connectivity index (χ4v) is 3.06. The van der Waals surface area contributed by atoms with E-state index in [1.54, 1.807) is 0 Å². The van der Waals surface area contributed by atoms with Crippen LogP contribution in [0.15, 0.2) is 9.27 Å². The van der Waals surface area contributed by atoms with E-state index in [1.807, 2.05) is 13.8 Å². The van der Waals surface area contributed by atoms with Gasteiger partial charge in [0.15, 0.2) is 0 Å². The summed E-state index contributed by atoms with van der Waals surface area (Å²) in [5.41, 5.74) is 0.662. The fraction of sp³-hybridized carbons (Fsp3) is 0.714. The highest BCUT2D eigenvalue weighted by atomic mass is 79.9. The number of nitrogens with zero attached hydrogens (tertiary/aromatic N) is 2. The lowest BCUT2D eigenvalue weighted by Gasteiger charge is -2.32. The van der Waals surface area contributed by atoms with Gasteiger partial charge >= 0.3 is 0 Å². The maximum Gasteiger partial charge on any atom is 0.265 e. The number of aromatic nitrogens is 2. The molecule has 2 heterocycles. The van der Waals surface area contributed by atoms with Crippen LogP contribution in [0.1, 0.15) is 50.7 Å². The molecule has 1 aliphatic heterocycles. The standard InChI is InChI=1S/C14H22BrN3O2/c1-4-5-18-6-7-20-10(8-18)13-16-12(9(2)3)11(15)14(19)17-13/h9-10H,4-8H2,1-3H3,(H,16,17,19). The van der Waals surface area contributed by atoms with Crippen molar-refractivity contribution < 1.29 is 4.74 Å². The predicted octanol–water partition coefficient (Wildman–Crippen LogP) is 2.44. The number of nitrogens with one attached hydrogen (secondary N) is 1. The molecule has 5 nitrogen and oxygen atoms in total. The Hall–Kier alpha value is -0.720. The summed E-state index contributed by atoms with van der Waals surface area (Å²) in [5.74, 6) is 0.837. The molecule has 1 N–H and O–H groups in total. The van der Waals surface area contributed by atoms with Crippen molar-refractivity contribution >= 4 is 15.9 Å². The van der Waals surface area contributed by atoms with Crippen LogP contribution in [-0.2, 0) is 4.74 Å². The van der Waals surface area contributed by atoms with Crippen LogP contribution in [-0.4, -0.2) is 41.1 Å². The normalized spacial score (nSPS) is 20.6. The molecule has 0 amide bonds. The molecule has 112 valence electrons. The molecule has 1 fully saturated rings. The number of aromatic amines is 1. The summed E-state index contributed by atoms with van der Waals surface area (Å²) < 4.78 is 6.31. The number of ether oxygens (including phenoxy) is 1. The van der Waals surface area contributed by atoms with Crippen LogP contribution in [0, 0.1) is 0 Å². The molecule has 2 rings (SSSR count). The number of hydrogen-bond acceptors (Lipinski definition) is 4. The molecule has 0 spiro atoms. The Morgan fingerprint density at radius 1 is 1.55 bits per heavy atom. The topological polar surface area (TPSA) is 58.2 Å². The Bertz CT molecular complexity index is 514. The molecule has 1 aromatic rings. The van der Waals surface area contributed by atoms with Crippen LogP contribution in [0.5, 0.6) is 0 Å². The molecule has 1 aromatic heterocycles. The number of H-pyrrole nitrogens is 1. The van der Waals surface area contributed by atoms with Crippen molar-refractivity contribution in [2.45, 2.75) is 39.2 Å². The molecule has 0 aliphatic carbocycles. The zero-order valence-electron chi connectivity index (χ0n) is 12.3. The van der Waals surface area contributed by atoms with Gasteiger partial charge in [-0.05, 0) is 34.8 Å². The van der Waals surface area contributed by atoms with Gasteiger partial charge in [-0.1, -0.05) is 20.8 Å². The first-order chi connectivity index (χ1) is 9.52. The highest BCUT2D eigenvalue weighted by molar-refractivity contribution is 9.10. The maximum atomic E-state index is 12.0. The van der Waals surface area contributed by atoms with E-state index in [-0.39, 0.29) is 17.6 Å². The zero-order chi connectivity index (χ0) is 14.7. The molecule has 1 unspecified atom stereocenters. The van der Waals surface area contributed by atoms with Gasteiger partial charge in [-0.2, -0.15) is 0 Å². The van der Waals surface area contributed by atoms with E-state index < -0.39 is 0 Å². The summed E-state index contributed by atoms with van der Waals surface area (Å²) in [5, 5.41) is 0. The number of morpholine rings is 1. The Morgan fingerprint density at radius 3 is 2.95 bits per heavy atom. The second-order valence-electron chi connectivity index (χ2n) is 5.47. The van der Waals surface area contributed by atoms with Gasteiger partial charge in [0.25, 0.3) is 5.56 Å². The van der Waals surface area contributed by atoms with E-state index in [9.17, 15) is 4.79 Å². The minimum Gasteiger partial charge on any atom is -0.368 e. The third-order valence-electron chi connectivity index (χ3n) is 3.45. The maximum absolute atomic E-state index is 12.0. The predicted molar refractivity (Wildman–Crippen MR) is 82.1 cm³/mol. The van der Waals surface area contributed by atoms with Crippen molar-refractivity contribution in [2.75, 3.05) is 26.2 Å². The first kappa shape index (κ1) is 15.7. The summed E-state index contributed by atoms with van der Waals surface area (Å²) in [4.78, 5) is 21.8. The summed E-state index contributed by atoms with van der Waals surface area (Å²) in [6.07, 6.45) is 0.974. The van der Waals surface area contributed by atoms with Gasteiger partial charge < -0.3 is 9.72 Å². The SMILES string of the molecule is CCCN1CCOC(c2nc(C(C)C)c(Br)c(=O)[nH]2)C1. The summed E-state index contributed by atoms with van der Waals surface area (Å²) in [6, 6.07) is 0. The summed E-state index contributed by atoms with van der Waals surface area (Å²) in [6.45, 7) is 9.70. The third-order valence-corrected chi connectivity index (χ3v) is 4.22. The minimum absolute atomic E-state index is 0.130. The van der Waals surface area contributed by atoms with Crippen LogP contribution in [0.4, 0.5) is 0 Å². The van der Waals surface area contributed by atoms with E-state index in [2.05, 4.69) is 37.7 Å². The van der Waals surface area contributed by atoms with Gasteiger partial charge in [-0.15, -0.1) is 0 Å². The quantitative estimate of drug-likeness (QED) is 0.912. The summed E-state index contributed by atoms with van der Waals surface area (Å²) in [7, 11) is 0. The Kier molecular flexibility index (Phi) is 5.35. The highest BCUT2D eigenvalue weighted by Gasteiger charge is 2.25. The van der Waals surface area contributed by atoms with Gasteiger partial charge in [0.05, 0.1) is 12.3 Å². The van der Waals surface area contributed by atoms with Gasteiger partial charge in [0, 0.05) is 13.1 Å². The number of hydrogen-bond donors (Lipinski definition) is 1. The molecule has 0 aromatic carbocycles. The molecule has 0 saturated carbocycles. The van der Waals surface area contributed by atoms with Gasteiger partial charge in [-0.25, -0.2) is 4.98 Å². The number of halogens is 1. The first-order valence-corrected chi connectivity index (χ1v) is 7.95. The van der Waals surface area contributed by atoms with Crippen LogP contribution in [0.2, 0.25) is 0 Å². The zero-order valence-corrected chi connectivity index (χ0v) is 13.9. The molecular weight excluding hydrogens is 322 g/mol. The van der Waals surface area contributed by atoms with Crippen molar-refractivity contribution in [3.63, 3.8) is 0 Å². The van der Waals surface area contributed by atoms with Crippen molar-refractivity contribution in [1.82, 2.24) is 14.9 Å². The van der Waals surface area contributed by atoms with E-state index in [0.29, 0.717) is 16.9 Å². The molecule has 1 saturated heterocycles. The van der Waals surface area contributed by atoms with Gasteiger partial charge in [-0.3, -0.25) is 9.69 Å². The average Bonchev–Trinajstić information content (AvgIpc) is 2.42. The largest absolute Gasteiger partial charge is 0.368 e. The van der Waals surface area contributed by atoms with E-state index in [4.69, 9.17) is 4.74 Å². The lowest BCUT2D eigenvalue weighted by molar-refractivity contribution is -0.0344. The monoisotopic (exact) mass is 343 g/mol. The van der Waals surface area contributed by atoms with Crippen LogP contribution < -0.4 is 5.56 Å². The molecule has 1 atom stereocenters. The lowest BCUT2D eigenvalue weighted by Crippen LogP contribution is -2.39. The number of rotatable bonds is 4. The van der Waals surface area contributed by atoms with Crippen LogP contribution in [0.3, 0.4) is 0 Å². The molecule has 6 heteroatoms. The highest BCUT2D eigenvalue weighted by Crippen LogP contribution is 2.23. The summed E-state index contributed by atoms with van der Waals surface area (Å²) >= 11 is 3.32. The van der Waals surface area contributed by atoms with E-state index in [1.165, 1.54) is 0 Å². The van der Waals surface area contributed by atoms with Gasteiger partial charge in [0.2, 0.25) is 0 Å². The van der Waals surface area contributed by atoms with E-state index >= 15 is 0 Å². The molecule has 20 heavy (non-hydrogen) atoms. The van der Waals surface area contributed by atoms with Crippen molar-refractivity contribution in [3.8, 4) is 0 Å². The Labute approximate surface area is 127 Å². The Balaban J connectivity index is 2.26. The first-order valence-electron chi connectivity index (χ1n) is 7.16. The van der Waals surface area contributed by atoms with Crippen molar-refractivity contribution in [1.29, 1.82) is 0 Å². The molecule has 1 aliphatic rings. The average molecular weight is 344 g/mol. The lowest BCUT2D eigenvalue weighted by atomic mass is 10.1. The third kappa shape index (κ3) is 3.48. The Morgan fingerprint density at radius 2 is 2.30 bits per heavy atom. The van der Waals surface area contributed by atoms with Crippen molar-refractivity contribution in [2.24, 2.45) is 0 Å². The molecule has 0 radical (unpaired) electrons.